The van der Waals surface area contributed by atoms with Gasteiger partial charge in [-0.25, -0.2) is 0 Å². The molecule has 1 heterocycles. The third-order valence-electron chi connectivity index (χ3n) is 3.55. The number of hydrogen-bond acceptors (Lipinski definition) is 2. The summed E-state index contributed by atoms with van der Waals surface area (Å²) in [5, 5.41) is 10.2. The highest BCUT2D eigenvalue weighted by Gasteiger charge is 2.25. The van der Waals surface area contributed by atoms with Crippen LogP contribution < -0.4 is 0 Å². The van der Waals surface area contributed by atoms with Gasteiger partial charge in [-0.05, 0) is 42.4 Å². The van der Waals surface area contributed by atoms with Crippen molar-refractivity contribution < 1.29 is 5.11 Å². The van der Waals surface area contributed by atoms with Crippen LogP contribution in [0.2, 0.25) is 0 Å². The van der Waals surface area contributed by atoms with Gasteiger partial charge >= 0.3 is 0 Å². The van der Waals surface area contributed by atoms with Gasteiger partial charge in [-0.1, -0.05) is 19.8 Å². The molecular formula is C13H19NO. The SMILES string of the molecule is CC1CCC(C(O)c2ccncc2)CC1. The predicted molar refractivity (Wildman–Crippen MR) is 60.3 cm³/mol. The summed E-state index contributed by atoms with van der Waals surface area (Å²) in [5.74, 6) is 1.29. The van der Waals surface area contributed by atoms with E-state index in [2.05, 4.69) is 11.9 Å². The molecule has 0 amide bonds. The fraction of sp³-hybridized carbons (Fsp3) is 0.615. The minimum Gasteiger partial charge on any atom is -0.388 e. The Morgan fingerprint density at radius 3 is 2.40 bits per heavy atom. The molecule has 1 aromatic rings. The van der Waals surface area contributed by atoms with Gasteiger partial charge in [0, 0.05) is 12.4 Å². The zero-order valence-corrected chi connectivity index (χ0v) is 9.26. The second-order valence-corrected chi connectivity index (χ2v) is 4.75. The van der Waals surface area contributed by atoms with Gasteiger partial charge < -0.3 is 5.11 Å². The summed E-state index contributed by atoms with van der Waals surface area (Å²) in [7, 11) is 0. The Kier molecular flexibility index (Phi) is 3.37. The smallest absolute Gasteiger partial charge is 0.0819 e. The number of rotatable bonds is 2. The van der Waals surface area contributed by atoms with Crippen LogP contribution in [0.1, 0.15) is 44.3 Å². The van der Waals surface area contributed by atoms with Gasteiger partial charge in [0.05, 0.1) is 6.10 Å². The molecule has 82 valence electrons. The van der Waals surface area contributed by atoms with Crippen LogP contribution in [-0.2, 0) is 0 Å². The summed E-state index contributed by atoms with van der Waals surface area (Å²) >= 11 is 0. The quantitative estimate of drug-likeness (QED) is 0.805. The highest BCUT2D eigenvalue weighted by atomic mass is 16.3. The van der Waals surface area contributed by atoms with Crippen molar-refractivity contribution in [3.05, 3.63) is 30.1 Å². The van der Waals surface area contributed by atoms with Crippen molar-refractivity contribution in [2.24, 2.45) is 11.8 Å². The molecule has 1 unspecified atom stereocenters. The average Bonchev–Trinajstić information content (AvgIpc) is 2.30. The van der Waals surface area contributed by atoms with Crippen LogP contribution in [0.5, 0.6) is 0 Å². The Hall–Kier alpha value is -0.890. The molecule has 1 aromatic heterocycles. The molecule has 1 aliphatic carbocycles. The summed E-state index contributed by atoms with van der Waals surface area (Å²) in [4.78, 5) is 3.97. The molecule has 1 fully saturated rings. The lowest BCUT2D eigenvalue weighted by Crippen LogP contribution is -2.19. The van der Waals surface area contributed by atoms with Crippen molar-refractivity contribution in [3.63, 3.8) is 0 Å². The summed E-state index contributed by atoms with van der Waals surface area (Å²) in [6, 6.07) is 3.84. The van der Waals surface area contributed by atoms with Crippen LogP contribution in [-0.4, -0.2) is 10.1 Å². The van der Waals surface area contributed by atoms with Crippen molar-refractivity contribution in [1.29, 1.82) is 0 Å². The molecule has 1 aliphatic rings. The lowest BCUT2D eigenvalue weighted by Gasteiger charge is -2.29. The Morgan fingerprint density at radius 2 is 1.80 bits per heavy atom. The van der Waals surface area contributed by atoms with Crippen LogP contribution in [0.25, 0.3) is 0 Å². The van der Waals surface area contributed by atoms with E-state index in [1.54, 1.807) is 12.4 Å². The first kappa shape index (κ1) is 10.6. The number of hydrogen-bond donors (Lipinski definition) is 1. The third kappa shape index (κ3) is 2.57. The monoisotopic (exact) mass is 205 g/mol. The van der Waals surface area contributed by atoms with E-state index in [9.17, 15) is 5.11 Å². The summed E-state index contributed by atoms with van der Waals surface area (Å²) in [6.45, 7) is 2.30. The molecule has 2 nitrogen and oxygen atoms in total. The minimum absolute atomic E-state index is 0.291. The largest absolute Gasteiger partial charge is 0.388 e. The average molecular weight is 205 g/mol. The number of aromatic nitrogens is 1. The molecule has 15 heavy (non-hydrogen) atoms. The molecular weight excluding hydrogens is 186 g/mol. The van der Waals surface area contributed by atoms with E-state index < -0.39 is 0 Å². The predicted octanol–water partition coefficient (Wildman–Crippen LogP) is 2.94. The van der Waals surface area contributed by atoms with E-state index in [1.807, 2.05) is 12.1 Å². The van der Waals surface area contributed by atoms with Crippen molar-refractivity contribution in [3.8, 4) is 0 Å². The number of pyridine rings is 1. The summed E-state index contributed by atoms with van der Waals surface area (Å²) < 4.78 is 0. The molecule has 1 N–H and O–H groups in total. The zero-order chi connectivity index (χ0) is 10.7. The highest BCUT2D eigenvalue weighted by Crippen LogP contribution is 2.36. The Balaban J connectivity index is 1.99. The lowest BCUT2D eigenvalue weighted by atomic mass is 9.79. The molecule has 0 radical (unpaired) electrons. The Morgan fingerprint density at radius 1 is 1.20 bits per heavy atom. The normalized spacial score (nSPS) is 28.7. The number of aliphatic hydroxyl groups is 1. The van der Waals surface area contributed by atoms with Crippen LogP contribution in [0.15, 0.2) is 24.5 Å². The Bertz CT molecular complexity index is 291. The maximum Gasteiger partial charge on any atom is 0.0819 e. The molecule has 0 bridgehead atoms. The fourth-order valence-electron chi connectivity index (χ4n) is 2.43. The topological polar surface area (TPSA) is 33.1 Å². The van der Waals surface area contributed by atoms with E-state index in [0.29, 0.717) is 5.92 Å². The van der Waals surface area contributed by atoms with E-state index in [0.717, 1.165) is 24.3 Å². The number of aliphatic hydroxyl groups excluding tert-OH is 1. The van der Waals surface area contributed by atoms with Gasteiger partial charge in [-0.3, -0.25) is 4.98 Å². The molecule has 0 aliphatic heterocycles. The maximum absolute atomic E-state index is 10.2. The summed E-state index contributed by atoms with van der Waals surface area (Å²) in [5.41, 5.74) is 1.02. The van der Waals surface area contributed by atoms with Crippen molar-refractivity contribution in [1.82, 2.24) is 4.98 Å². The molecule has 2 rings (SSSR count). The van der Waals surface area contributed by atoms with Gasteiger partial charge in [0.2, 0.25) is 0 Å². The number of nitrogens with zero attached hydrogens (tertiary/aromatic N) is 1. The standard InChI is InChI=1S/C13H19NO/c1-10-2-4-11(5-3-10)13(15)12-6-8-14-9-7-12/h6-11,13,15H,2-5H2,1H3. The van der Waals surface area contributed by atoms with Gasteiger partial charge in [-0.15, -0.1) is 0 Å². The molecule has 0 spiro atoms. The van der Waals surface area contributed by atoms with Gasteiger partial charge in [0.15, 0.2) is 0 Å². The van der Waals surface area contributed by atoms with Gasteiger partial charge in [-0.2, -0.15) is 0 Å². The first-order valence-corrected chi connectivity index (χ1v) is 5.85. The Labute approximate surface area is 91.4 Å². The van der Waals surface area contributed by atoms with Crippen molar-refractivity contribution in [2.45, 2.75) is 38.7 Å². The van der Waals surface area contributed by atoms with E-state index in [1.165, 1.54) is 12.8 Å². The maximum atomic E-state index is 10.2. The summed E-state index contributed by atoms with van der Waals surface area (Å²) in [6.07, 6.45) is 8.05. The molecule has 2 heteroatoms. The molecule has 0 saturated heterocycles. The molecule has 1 saturated carbocycles. The van der Waals surface area contributed by atoms with Crippen LogP contribution in [0.3, 0.4) is 0 Å². The second-order valence-electron chi connectivity index (χ2n) is 4.75. The van der Waals surface area contributed by atoms with Crippen LogP contribution in [0.4, 0.5) is 0 Å². The highest BCUT2D eigenvalue weighted by molar-refractivity contribution is 5.14. The fourth-order valence-corrected chi connectivity index (χ4v) is 2.43. The zero-order valence-electron chi connectivity index (χ0n) is 9.26. The van der Waals surface area contributed by atoms with Crippen molar-refractivity contribution >= 4 is 0 Å². The van der Waals surface area contributed by atoms with Crippen LogP contribution >= 0.6 is 0 Å². The van der Waals surface area contributed by atoms with E-state index in [-0.39, 0.29) is 6.10 Å². The van der Waals surface area contributed by atoms with E-state index >= 15 is 0 Å². The molecule has 0 aromatic carbocycles. The molecule has 1 atom stereocenters. The first-order chi connectivity index (χ1) is 7.27. The minimum atomic E-state index is -0.291. The van der Waals surface area contributed by atoms with Crippen LogP contribution in [0, 0.1) is 11.8 Å². The first-order valence-electron chi connectivity index (χ1n) is 5.85. The third-order valence-corrected chi connectivity index (χ3v) is 3.55. The lowest BCUT2D eigenvalue weighted by molar-refractivity contribution is 0.0755. The van der Waals surface area contributed by atoms with Gasteiger partial charge in [0.25, 0.3) is 0 Å². The van der Waals surface area contributed by atoms with Crippen molar-refractivity contribution in [2.75, 3.05) is 0 Å². The van der Waals surface area contributed by atoms with Gasteiger partial charge in [0.1, 0.15) is 0 Å². The van der Waals surface area contributed by atoms with E-state index in [4.69, 9.17) is 0 Å². The second kappa shape index (κ2) is 4.75.